The number of hydrogen-bond donors (Lipinski definition) is 5. The predicted molar refractivity (Wildman–Crippen MR) is 108 cm³/mol. The van der Waals surface area contributed by atoms with Crippen LogP contribution in [0.25, 0.3) is 11.2 Å². The summed E-state index contributed by atoms with van der Waals surface area (Å²) in [6.07, 6.45) is 1.78. The molecule has 3 rings (SSSR count). The van der Waals surface area contributed by atoms with E-state index >= 15 is 0 Å². The van der Waals surface area contributed by atoms with Crippen LogP contribution in [-0.4, -0.2) is 72.1 Å². The van der Waals surface area contributed by atoms with E-state index in [9.17, 15) is 23.5 Å². The molecular formula is C13H22N5O12P3. The molecule has 1 aliphatic carbocycles. The van der Waals surface area contributed by atoms with Gasteiger partial charge in [0, 0.05) is 20.1 Å². The molecule has 0 spiro atoms. The minimum Gasteiger partial charge on any atom is -0.382 e. The molecule has 33 heavy (non-hydrogen) atoms. The average Bonchev–Trinajstić information content (AvgIpc) is 3.24. The fourth-order valence-corrected chi connectivity index (χ4v) is 6.80. The van der Waals surface area contributed by atoms with E-state index < -0.39 is 54.2 Å². The third-order valence-corrected chi connectivity index (χ3v) is 8.67. The number of fused-ring (bicyclic) bond motifs is 1. The van der Waals surface area contributed by atoms with Crippen molar-refractivity contribution < 1.29 is 55.9 Å². The zero-order valence-corrected chi connectivity index (χ0v) is 19.8. The lowest BCUT2D eigenvalue weighted by molar-refractivity contribution is -0.0519. The van der Waals surface area contributed by atoms with E-state index in [0.717, 1.165) is 0 Å². The summed E-state index contributed by atoms with van der Waals surface area (Å²) in [7, 11) is -13.6. The Morgan fingerprint density at radius 3 is 2.30 bits per heavy atom. The summed E-state index contributed by atoms with van der Waals surface area (Å²) in [6.45, 7) is -0.512. The van der Waals surface area contributed by atoms with Gasteiger partial charge in [0.05, 0.1) is 25.1 Å². The van der Waals surface area contributed by atoms with Crippen molar-refractivity contribution in [1.82, 2.24) is 19.5 Å². The van der Waals surface area contributed by atoms with Crippen LogP contribution < -0.4 is 5.73 Å². The lowest BCUT2D eigenvalue weighted by Gasteiger charge is -2.25. The van der Waals surface area contributed by atoms with E-state index in [1.165, 1.54) is 26.9 Å². The van der Waals surface area contributed by atoms with E-state index in [4.69, 9.17) is 29.5 Å². The van der Waals surface area contributed by atoms with Crippen LogP contribution in [0.3, 0.4) is 0 Å². The van der Waals surface area contributed by atoms with Gasteiger partial charge in [-0.15, -0.1) is 0 Å². The van der Waals surface area contributed by atoms with Crippen LogP contribution in [-0.2, 0) is 36.3 Å². The quantitative estimate of drug-likeness (QED) is 0.258. The second kappa shape index (κ2) is 9.74. The van der Waals surface area contributed by atoms with Crippen molar-refractivity contribution in [3.8, 4) is 0 Å². The van der Waals surface area contributed by atoms with Crippen molar-refractivity contribution >= 4 is 40.4 Å². The van der Waals surface area contributed by atoms with Crippen LogP contribution in [0.5, 0.6) is 0 Å². The molecule has 1 aliphatic rings. The highest BCUT2D eigenvalue weighted by Crippen LogP contribution is 2.66. The van der Waals surface area contributed by atoms with Gasteiger partial charge in [-0.1, -0.05) is 0 Å². The molecule has 1 fully saturated rings. The number of hydrogen-bond acceptors (Lipinski definition) is 12. The lowest BCUT2D eigenvalue weighted by Crippen LogP contribution is -2.34. The van der Waals surface area contributed by atoms with Gasteiger partial charge in [0.25, 0.3) is 0 Å². The lowest BCUT2D eigenvalue weighted by atomic mass is 10.1. The SMILES string of the molecule is COC1[C@@H](COP(=O)(O)OP(=O)(O)OP(=O)(O)O)C[C@@H](n2cnc3c(N)ncnc32)[C@H]1OC. The minimum absolute atomic E-state index is 0.179. The Balaban J connectivity index is 1.77. The summed E-state index contributed by atoms with van der Waals surface area (Å²) < 4.78 is 59.3. The Hall–Kier alpha value is -1.32. The number of rotatable bonds is 10. The largest absolute Gasteiger partial charge is 0.490 e. The summed E-state index contributed by atoms with van der Waals surface area (Å²) in [5.74, 6) is -0.412. The highest BCUT2D eigenvalue weighted by molar-refractivity contribution is 7.66. The van der Waals surface area contributed by atoms with E-state index in [1.807, 2.05) is 0 Å². The standard InChI is InChI=1S/C13H22N5O12P3/c1-26-10-7(4-28-32(22,23)30-33(24,25)29-31(19,20)21)3-8(11(10)27-2)18-6-17-9-12(14)15-5-16-13(9)18/h5-8,10-11H,3-4H2,1-2H3,(H,22,23)(H,24,25)(H2,14,15,16)(H2,19,20,21)/t7-,8-,10?,11-/m1/s1. The monoisotopic (exact) mass is 533 g/mol. The Morgan fingerprint density at radius 2 is 1.70 bits per heavy atom. The van der Waals surface area contributed by atoms with Crippen LogP contribution in [0.4, 0.5) is 5.82 Å². The Labute approximate surface area is 186 Å². The summed E-state index contributed by atoms with van der Waals surface area (Å²) in [5.41, 5.74) is 6.62. The molecule has 0 aliphatic heterocycles. The van der Waals surface area contributed by atoms with Crippen LogP contribution >= 0.6 is 23.5 Å². The molecule has 186 valence electrons. The Bertz CT molecular complexity index is 1140. The maximum Gasteiger partial charge on any atom is 0.490 e. The molecule has 2 aromatic heterocycles. The molecule has 0 radical (unpaired) electrons. The van der Waals surface area contributed by atoms with Crippen molar-refractivity contribution in [3.63, 3.8) is 0 Å². The number of nitrogen functional groups attached to an aromatic ring is 1. The van der Waals surface area contributed by atoms with Crippen molar-refractivity contribution in [2.75, 3.05) is 26.6 Å². The molecule has 0 bridgehead atoms. The zero-order chi connectivity index (χ0) is 24.6. The second-order valence-corrected chi connectivity index (χ2v) is 11.4. The molecule has 6 atom stereocenters. The maximum absolute atomic E-state index is 12.1. The van der Waals surface area contributed by atoms with Crippen LogP contribution in [0.1, 0.15) is 12.5 Å². The molecule has 2 heterocycles. The van der Waals surface area contributed by atoms with Gasteiger partial charge >= 0.3 is 23.5 Å². The van der Waals surface area contributed by atoms with E-state index in [0.29, 0.717) is 11.2 Å². The third kappa shape index (κ3) is 6.22. The first-order chi connectivity index (χ1) is 15.3. The fourth-order valence-electron chi connectivity index (χ4n) is 3.72. The smallest absolute Gasteiger partial charge is 0.382 e. The molecule has 20 heteroatoms. The molecule has 0 aromatic carbocycles. The topological polar surface area (TPSA) is 248 Å². The molecular weight excluding hydrogens is 511 g/mol. The van der Waals surface area contributed by atoms with E-state index in [2.05, 4.69) is 23.6 Å². The number of phosphoric acid groups is 3. The average molecular weight is 533 g/mol. The number of anilines is 1. The molecule has 3 unspecified atom stereocenters. The first-order valence-electron chi connectivity index (χ1n) is 9.04. The van der Waals surface area contributed by atoms with Crippen LogP contribution in [0.15, 0.2) is 12.7 Å². The summed E-state index contributed by atoms with van der Waals surface area (Å²) in [4.78, 5) is 48.5. The molecule has 17 nitrogen and oxygen atoms in total. The van der Waals surface area contributed by atoms with Gasteiger partial charge < -0.3 is 39.3 Å². The van der Waals surface area contributed by atoms with Crippen LogP contribution in [0, 0.1) is 5.92 Å². The summed E-state index contributed by atoms with van der Waals surface area (Å²) in [5, 5.41) is 0. The predicted octanol–water partition coefficient (Wildman–Crippen LogP) is 0.343. The first-order valence-corrected chi connectivity index (χ1v) is 13.6. The minimum atomic E-state index is -5.62. The number of aromatic nitrogens is 4. The molecule has 2 aromatic rings. The maximum atomic E-state index is 12.1. The number of ether oxygens (including phenoxy) is 2. The molecule has 0 saturated heterocycles. The van der Waals surface area contributed by atoms with Gasteiger partial charge in [-0.05, 0) is 6.42 Å². The number of imidazole rings is 1. The van der Waals surface area contributed by atoms with Crippen molar-refractivity contribution in [1.29, 1.82) is 0 Å². The fraction of sp³-hybridized carbons (Fsp3) is 0.615. The molecule has 1 saturated carbocycles. The summed E-state index contributed by atoms with van der Waals surface area (Å²) in [6, 6.07) is -0.422. The number of nitrogens with zero attached hydrogens (tertiary/aromatic N) is 4. The van der Waals surface area contributed by atoms with Gasteiger partial charge in [-0.2, -0.15) is 8.62 Å². The highest BCUT2D eigenvalue weighted by atomic mass is 31.3. The van der Waals surface area contributed by atoms with Gasteiger partial charge in [0.1, 0.15) is 17.9 Å². The van der Waals surface area contributed by atoms with Gasteiger partial charge in [-0.3, -0.25) is 4.52 Å². The van der Waals surface area contributed by atoms with Crippen molar-refractivity contribution in [2.24, 2.45) is 5.92 Å². The normalized spacial score (nSPS) is 27.5. The van der Waals surface area contributed by atoms with Crippen LogP contribution in [0.2, 0.25) is 0 Å². The van der Waals surface area contributed by atoms with Crippen molar-refractivity contribution in [2.45, 2.75) is 24.7 Å². The van der Waals surface area contributed by atoms with Gasteiger partial charge in [-0.25, -0.2) is 28.6 Å². The van der Waals surface area contributed by atoms with E-state index in [1.54, 1.807) is 4.57 Å². The Morgan fingerprint density at radius 1 is 1.03 bits per heavy atom. The summed E-state index contributed by atoms with van der Waals surface area (Å²) >= 11 is 0. The number of phosphoric ester groups is 1. The van der Waals surface area contributed by atoms with Gasteiger partial charge in [0.15, 0.2) is 11.5 Å². The molecule has 0 amide bonds. The number of nitrogens with two attached hydrogens (primary N) is 1. The first kappa shape index (κ1) is 26.3. The third-order valence-electron chi connectivity index (χ3n) is 4.87. The second-order valence-electron chi connectivity index (χ2n) is 6.93. The van der Waals surface area contributed by atoms with Gasteiger partial charge in [0.2, 0.25) is 0 Å². The van der Waals surface area contributed by atoms with Crippen molar-refractivity contribution in [3.05, 3.63) is 12.7 Å². The molecule has 6 N–H and O–H groups in total. The Kier molecular flexibility index (Phi) is 7.76. The zero-order valence-electron chi connectivity index (χ0n) is 17.1. The highest BCUT2D eigenvalue weighted by Gasteiger charge is 2.47. The number of methoxy groups -OCH3 is 2. The van der Waals surface area contributed by atoms with E-state index in [-0.39, 0.29) is 12.2 Å².